The largest absolute Gasteiger partial charge is 0.320 e. The number of hydrogen-bond acceptors (Lipinski definition) is 2. The Hall–Kier alpha value is -0.930. The maximum Gasteiger partial charge on any atom is 0.128 e. The van der Waals surface area contributed by atoms with Gasteiger partial charge in [-0.15, -0.1) is 0 Å². The zero-order valence-electron chi connectivity index (χ0n) is 13.4. The molecule has 1 aromatic rings. The Kier molecular flexibility index (Phi) is 5.77. The first-order valence-corrected chi connectivity index (χ1v) is 8.41. The number of halogens is 1. The number of nitrogens with zero attached hydrogens (tertiary/aromatic N) is 1. The third-order valence-corrected chi connectivity index (χ3v) is 5.02. The number of nitrogens with two attached hydrogens (primary N) is 1. The fourth-order valence-electron chi connectivity index (χ4n) is 3.80. The highest BCUT2D eigenvalue weighted by atomic mass is 19.1. The highest BCUT2D eigenvalue weighted by Gasteiger charge is 2.39. The van der Waals surface area contributed by atoms with Gasteiger partial charge in [-0.3, -0.25) is 4.90 Å². The van der Waals surface area contributed by atoms with E-state index in [9.17, 15) is 4.39 Å². The van der Waals surface area contributed by atoms with Crippen molar-refractivity contribution in [3.8, 4) is 0 Å². The summed E-state index contributed by atoms with van der Waals surface area (Å²) >= 11 is 0. The van der Waals surface area contributed by atoms with Gasteiger partial charge in [0.15, 0.2) is 0 Å². The van der Waals surface area contributed by atoms with Crippen LogP contribution in [0.5, 0.6) is 0 Å². The second-order valence-corrected chi connectivity index (χ2v) is 6.25. The second kappa shape index (κ2) is 7.37. The van der Waals surface area contributed by atoms with Gasteiger partial charge in [-0.05, 0) is 44.8 Å². The Morgan fingerprint density at radius 1 is 1.14 bits per heavy atom. The third kappa shape index (κ3) is 3.46. The maximum absolute atomic E-state index is 14.3. The normalized spacial score (nSPS) is 21.5. The summed E-state index contributed by atoms with van der Waals surface area (Å²) in [5.41, 5.74) is 6.84. The summed E-state index contributed by atoms with van der Waals surface area (Å²) in [5, 5.41) is 0. The molecule has 1 aliphatic heterocycles. The minimum atomic E-state index is -0.607. The van der Waals surface area contributed by atoms with E-state index >= 15 is 0 Å². The van der Waals surface area contributed by atoms with Crippen LogP contribution in [0, 0.1) is 5.82 Å². The molecule has 0 spiro atoms. The van der Waals surface area contributed by atoms with Gasteiger partial charge in [-0.2, -0.15) is 0 Å². The van der Waals surface area contributed by atoms with E-state index in [-0.39, 0.29) is 11.9 Å². The molecule has 2 rings (SSSR count). The summed E-state index contributed by atoms with van der Waals surface area (Å²) in [6.45, 7) is 6.43. The zero-order chi connectivity index (χ0) is 15.3. The Morgan fingerprint density at radius 2 is 1.76 bits per heavy atom. The van der Waals surface area contributed by atoms with Crippen LogP contribution in [0.1, 0.15) is 57.9 Å². The van der Waals surface area contributed by atoms with Crippen LogP contribution in [0.25, 0.3) is 0 Å². The summed E-state index contributed by atoms with van der Waals surface area (Å²) < 4.78 is 14.3. The molecule has 3 heteroatoms. The Labute approximate surface area is 128 Å². The van der Waals surface area contributed by atoms with Crippen LogP contribution >= 0.6 is 0 Å². The van der Waals surface area contributed by atoms with Crippen molar-refractivity contribution in [2.45, 2.75) is 64.0 Å². The fraction of sp³-hybridized carbons (Fsp3) is 0.667. The van der Waals surface area contributed by atoms with Gasteiger partial charge in [-0.1, -0.05) is 44.9 Å². The summed E-state index contributed by atoms with van der Waals surface area (Å²) in [6.07, 6.45) is 6.77. The van der Waals surface area contributed by atoms with Crippen molar-refractivity contribution in [2.75, 3.05) is 13.1 Å². The van der Waals surface area contributed by atoms with Crippen LogP contribution in [0.2, 0.25) is 0 Å². The third-order valence-electron chi connectivity index (χ3n) is 5.02. The van der Waals surface area contributed by atoms with E-state index in [1.807, 2.05) is 12.1 Å². The van der Waals surface area contributed by atoms with Crippen LogP contribution in [0.15, 0.2) is 24.3 Å². The highest BCUT2D eigenvalue weighted by Crippen LogP contribution is 2.33. The molecule has 0 amide bonds. The predicted octanol–water partition coefficient (Wildman–Crippen LogP) is 4.04. The summed E-state index contributed by atoms with van der Waals surface area (Å²) in [5.74, 6) is -0.171. The molecule has 1 fully saturated rings. The molecule has 118 valence electrons. The molecule has 0 aliphatic carbocycles. The van der Waals surface area contributed by atoms with E-state index in [0.29, 0.717) is 5.56 Å². The summed E-state index contributed by atoms with van der Waals surface area (Å²) in [6, 6.07) is 7.23. The van der Waals surface area contributed by atoms with Crippen molar-refractivity contribution in [3.63, 3.8) is 0 Å². The van der Waals surface area contributed by atoms with Crippen molar-refractivity contribution < 1.29 is 4.39 Å². The Balaban J connectivity index is 2.33. The van der Waals surface area contributed by atoms with Crippen LogP contribution < -0.4 is 5.73 Å². The van der Waals surface area contributed by atoms with Gasteiger partial charge in [0.2, 0.25) is 0 Å². The molecular formula is C18H29FN2. The Morgan fingerprint density at radius 3 is 2.29 bits per heavy atom. The van der Waals surface area contributed by atoms with Gasteiger partial charge in [-0.25, -0.2) is 4.39 Å². The molecule has 1 saturated heterocycles. The Bertz CT molecular complexity index is 441. The molecule has 0 saturated carbocycles. The van der Waals surface area contributed by atoms with Crippen LogP contribution in [-0.4, -0.2) is 24.0 Å². The minimum absolute atomic E-state index is 0.171. The van der Waals surface area contributed by atoms with Crippen molar-refractivity contribution in [1.82, 2.24) is 4.90 Å². The first kappa shape index (κ1) is 16.4. The van der Waals surface area contributed by atoms with E-state index in [2.05, 4.69) is 18.7 Å². The first-order valence-electron chi connectivity index (χ1n) is 8.41. The molecule has 1 aliphatic rings. The van der Waals surface area contributed by atoms with Gasteiger partial charge in [0.25, 0.3) is 0 Å². The molecule has 2 N–H and O–H groups in total. The molecule has 2 atom stereocenters. The molecule has 1 aromatic carbocycles. The first-order chi connectivity index (χ1) is 10.1. The number of rotatable bonds is 5. The van der Waals surface area contributed by atoms with Crippen LogP contribution in [0.3, 0.4) is 0 Å². The van der Waals surface area contributed by atoms with Gasteiger partial charge in [0, 0.05) is 11.6 Å². The van der Waals surface area contributed by atoms with Crippen LogP contribution in [-0.2, 0) is 5.54 Å². The zero-order valence-corrected chi connectivity index (χ0v) is 13.4. The summed E-state index contributed by atoms with van der Waals surface area (Å²) in [4.78, 5) is 2.50. The van der Waals surface area contributed by atoms with E-state index in [4.69, 9.17) is 5.73 Å². The minimum Gasteiger partial charge on any atom is -0.320 e. The lowest BCUT2D eigenvalue weighted by Gasteiger charge is -2.43. The monoisotopic (exact) mass is 292 g/mol. The smallest absolute Gasteiger partial charge is 0.128 e. The van der Waals surface area contributed by atoms with E-state index in [0.717, 1.165) is 25.9 Å². The highest BCUT2D eigenvalue weighted by molar-refractivity contribution is 5.28. The SMILES string of the molecule is CCC(N1CCCCCC1)C(N)(CC)c1ccccc1F. The molecule has 0 bridgehead atoms. The molecule has 0 aromatic heterocycles. The van der Waals surface area contributed by atoms with Crippen molar-refractivity contribution in [3.05, 3.63) is 35.6 Å². The van der Waals surface area contributed by atoms with Crippen molar-refractivity contribution in [2.24, 2.45) is 5.73 Å². The fourth-order valence-corrected chi connectivity index (χ4v) is 3.80. The average molecular weight is 292 g/mol. The molecule has 2 nitrogen and oxygen atoms in total. The summed E-state index contributed by atoms with van der Waals surface area (Å²) in [7, 11) is 0. The number of hydrogen-bond donors (Lipinski definition) is 1. The molecular weight excluding hydrogens is 263 g/mol. The van der Waals surface area contributed by atoms with Gasteiger partial charge in [0.05, 0.1) is 5.54 Å². The molecule has 2 unspecified atom stereocenters. The van der Waals surface area contributed by atoms with E-state index < -0.39 is 5.54 Å². The predicted molar refractivity (Wildman–Crippen MR) is 86.7 cm³/mol. The second-order valence-electron chi connectivity index (χ2n) is 6.25. The maximum atomic E-state index is 14.3. The molecule has 21 heavy (non-hydrogen) atoms. The van der Waals surface area contributed by atoms with Gasteiger partial charge >= 0.3 is 0 Å². The number of benzene rings is 1. The molecule has 0 radical (unpaired) electrons. The van der Waals surface area contributed by atoms with E-state index in [1.54, 1.807) is 6.07 Å². The van der Waals surface area contributed by atoms with Gasteiger partial charge < -0.3 is 5.73 Å². The lowest BCUT2D eigenvalue weighted by Crippen LogP contribution is -2.56. The average Bonchev–Trinajstić information content (AvgIpc) is 2.77. The van der Waals surface area contributed by atoms with Crippen molar-refractivity contribution >= 4 is 0 Å². The topological polar surface area (TPSA) is 29.3 Å². The van der Waals surface area contributed by atoms with E-state index in [1.165, 1.54) is 31.7 Å². The quantitative estimate of drug-likeness (QED) is 0.887. The van der Waals surface area contributed by atoms with Gasteiger partial charge in [0.1, 0.15) is 5.82 Å². The van der Waals surface area contributed by atoms with Crippen LogP contribution in [0.4, 0.5) is 4.39 Å². The lowest BCUT2D eigenvalue weighted by molar-refractivity contribution is 0.111. The number of likely N-dealkylation sites (tertiary alicyclic amines) is 1. The van der Waals surface area contributed by atoms with Crippen molar-refractivity contribution in [1.29, 1.82) is 0 Å². The molecule has 1 heterocycles. The lowest BCUT2D eigenvalue weighted by atomic mass is 9.79. The standard InChI is InChI=1S/C18H29FN2/c1-3-17(21-13-9-5-6-10-14-21)18(20,4-2)15-11-7-8-12-16(15)19/h7-8,11-12,17H,3-6,9-10,13-14,20H2,1-2H3.